The molecule has 0 aliphatic rings. The van der Waals surface area contributed by atoms with E-state index in [2.05, 4.69) is 15.6 Å². The van der Waals surface area contributed by atoms with Crippen LogP contribution in [0.2, 0.25) is 0 Å². The fraction of sp³-hybridized carbons (Fsp3) is 0.333. The first-order chi connectivity index (χ1) is 15.5. The zero-order valence-corrected chi connectivity index (χ0v) is 18.4. The zero-order valence-electron chi connectivity index (χ0n) is 18.4. The van der Waals surface area contributed by atoms with E-state index >= 15 is 0 Å². The van der Waals surface area contributed by atoms with Gasteiger partial charge in [0.25, 0.3) is 5.91 Å². The van der Waals surface area contributed by atoms with Crippen LogP contribution in [0.25, 0.3) is 5.65 Å². The number of carbonyl (C=O) groups is 3. The number of unbranched alkanes of at least 4 members (excludes halogenated alkanes) is 2. The van der Waals surface area contributed by atoms with E-state index < -0.39 is 0 Å². The van der Waals surface area contributed by atoms with E-state index in [0.29, 0.717) is 42.2 Å². The van der Waals surface area contributed by atoms with Gasteiger partial charge < -0.3 is 15.4 Å². The molecule has 0 fully saturated rings. The molecule has 8 heteroatoms. The van der Waals surface area contributed by atoms with Gasteiger partial charge in [0.1, 0.15) is 11.3 Å². The molecular formula is C24H28N4O4. The lowest BCUT2D eigenvalue weighted by molar-refractivity contribution is -0.116. The van der Waals surface area contributed by atoms with Crippen molar-refractivity contribution in [3.8, 4) is 0 Å². The second-order valence-corrected chi connectivity index (χ2v) is 7.39. The summed E-state index contributed by atoms with van der Waals surface area (Å²) in [5.74, 6) is -0.612. The second kappa shape index (κ2) is 11.1. The number of rotatable bonds is 10. The summed E-state index contributed by atoms with van der Waals surface area (Å²) in [6, 6.07) is 12.2. The number of anilines is 1. The lowest BCUT2D eigenvalue weighted by Gasteiger charge is -2.07. The first kappa shape index (κ1) is 23.0. The molecule has 2 aromatic heterocycles. The van der Waals surface area contributed by atoms with Crippen LogP contribution in [0.15, 0.2) is 48.7 Å². The quantitative estimate of drug-likeness (QED) is 0.372. The third kappa shape index (κ3) is 5.94. The molecule has 0 aliphatic carbocycles. The van der Waals surface area contributed by atoms with Crippen LogP contribution in [0.3, 0.4) is 0 Å². The second-order valence-electron chi connectivity index (χ2n) is 7.39. The number of aromatic nitrogens is 2. The summed E-state index contributed by atoms with van der Waals surface area (Å²) >= 11 is 0. The van der Waals surface area contributed by atoms with E-state index in [-0.39, 0.29) is 17.8 Å². The van der Waals surface area contributed by atoms with E-state index in [0.717, 1.165) is 24.9 Å². The third-order valence-electron chi connectivity index (χ3n) is 4.97. The van der Waals surface area contributed by atoms with Gasteiger partial charge in [0, 0.05) is 24.8 Å². The Kier molecular flexibility index (Phi) is 7.96. The monoisotopic (exact) mass is 436 g/mol. The number of carbonyl (C=O) groups excluding carboxylic acids is 3. The number of aryl methyl sites for hydroxylation is 1. The van der Waals surface area contributed by atoms with Crippen LogP contribution >= 0.6 is 0 Å². The van der Waals surface area contributed by atoms with Crippen molar-refractivity contribution in [2.24, 2.45) is 0 Å². The molecule has 3 aromatic rings. The molecule has 3 rings (SSSR count). The number of pyridine rings is 1. The Morgan fingerprint density at radius 3 is 2.56 bits per heavy atom. The Morgan fingerprint density at radius 2 is 1.81 bits per heavy atom. The Labute approximate surface area is 187 Å². The standard InChI is InChI=1S/C24H28N4O4/c1-3-32-24(31)18-11-13-19(14-12-18)27-21(29)10-5-4-7-15-25-23(30)22-17(2)26-20-9-6-8-16-28(20)22/h6,8-9,11-14,16H,3-5,7,10,15H2,1-2H3,(H,25,30)(H,27,29). The summed E-state index contributed by atoms with van der Waals surface area (Å²) in [7, 11) is 0. The minimum absolute atomic E-state index is 0.0840. The molecule has 0 saturated carbocycles. The lowest BCUT2D eigenvalue weighted by atomic mass is 10.1. The number of imidazole rings is 1. The molecule has 0 bridgehead atoms. The number of amides is 2. The average molecular weight is 437 g/mol. The van der Waals surface area contributed by atoms with Crippen LogP contribution in [0, 0.1) is 6.92 Å². The molecule has 0 spiro atoms. The van der Waals surface area contributed by atoms with Crippen LogP contribution < -0.4 is 10.6 Å². The van der Waals surface area contributed by atoms with Gasteiger partial charge in [0.2, 0.25) is 5.91 Å². The van der Waals surface area contributed by atoms with Gasteiger partial charge in [-0.1, -0.05) is 12.5 Å². The van der Waals surface area contributed by atoms with Gasteiger partial charge in [0.15, 0.2) is 0 Å². The predicted octanol–water partition coefficient (Wildman–Crippen LogP) is 3.75. The first-order valence-electron chi connectivity index (χ1n) is 10.8. The Bertz CT molecular complexity index is 1090. The highest BCUT2D eigenvalue weighted by molar-refractivity contribution is 5.94. The van der Waals surface area contributed by atoms with E-state index in [4.69, 9.17) is 4.74 Å². The molecule has 8 nitrogen and oxygen atoms in total. The number of hydrogen-bond donors (Lipinski definition) is 2. The molecule has 0 radical (unpaired) electrons. The van der Waals surface area contributed by atoms with Crippen molar-refractivity contribution < 1.29 is 19.1 Å². The smallest absolute Gasteiger partial charge is 0.338 e. The van der Waals surface area contributed by atoms with Gasteiger partial charge in [-0.3, -0.25) is 14.0 Å². The summed E-state index contributed by atoms with van der Waals surface area (Å²) in [6.07, 6.45) is 4.54. The topological polar surface area (TPSA) is 102 Å². The maximum absolute atomic E-state index is 12.5. The number of benzene rings is 1. The van der Waals surface area contributed by atoms with E-state index in [9.17, 15) is 14.4 Å². The van der Waals surface area contributed by atoms with Gasteiger partial charge in [0.05, 0.1) is 17.9 Å². The molecule has 2 heterocycles. The van der Waals surface area contributed by atoms with Gasteiger partial charge >= 0.3 is 5.97 Å². The van der Waals surface area contributed by atoms with Crippen LogP contribution in [-0.2, 0) is 9.53 Å². The number of hydrogen-bond acceptors (Lipinski definition) is 5. The van der Waals surface area contributed by atoms with Crippen molar-refractivity contribution >= 4 is 29.1 Å². The van der Waals surface area contributed by atoms with Crippen molar-refractivity contribution in [2.45, 2.75) is 39.5 Å². The SMILES string of the molecule is CCOC(=O)c1ccc(NC(=O)CCCCCNC(=O)c2c(C)nc3ccccn23)cc1. The Balaban J connectivity index is 1.35. The van der Waals surface area contributed by atoms with Crippen molar-refractivity contribution in [1.82, 2.24) is 14.7 Å². The highest BCUT2D eigenvalue weighted by Gasteiger charge is 2.15. The lowest BCUT2D eigenvalue weighted by Crippen LogP contribution is -2.26. The molecule has 32 heavy (non-hydrogen) atoms. The van der Waals surface area contributed by atoms with Gasteiger partial charge in [-0.2, -0.15) is 0 Å². The molecule has 2 N–H and O–H groups in total. The summed E-state index contributed by atoms with van der Waals surface area (Å²) in [6.45, 7) is 4.43. The van der Waals surface area contributed by atoms with E-state index in [1.165, 1.54) is 0 Å². The summed E-state index contributed by atoms with van der Waals surface area (Å²) < 4.78 is 6.72. The predicted molar refractivity (Wildman–Crippen MR) is 122 cm³/mol. The van der Waals surface area contributed by atoms with Crippen molar-refractivity contribution in [3.05, 3.63) is 65.6 Å². The molecule has 0 unspecified atom stereocenters. The first-order valence-corrected chi connectivity index (χ1v) is 10.8. The van der Waals surface area contributed by atoms with Crippen LogP contribution in [0.4, 0.5) is 5.69 Å². The minimum Gasteiger partial charge on any atom is -0.462 e. The number of ether oxygens (including phenoxy) is 1. The summed E-state index contributed by atoms with van der Waals surface area (Å²) in [4.78, 5) is 40.7. The largest absolute Gasteiger partial charge is 0.462 e. The number of nitrogens with one attached hydrogen (secondary N) is 2. The van der Waals surface area contributed by atoms with Gasteiger partial charge in [-0.15, -0.1) is 0 Å². The molecular weight excluding hydrogens is 408 g/mol. The van der Waals surface area contributed by atoms with Gasteiger partial charge in [-0.05, 0) is 63.1 Å². The van der Waals surface area contributed by atoms with E-state index in [1.807, 2.05) is 31.3 Å². The maximum atomic E-state index is 12.5. The van der Waals surface area contributed by atoms with Crippen LogP contribution in [0.5, 0.6) is 0 Å². The molecule has 0 aliphatic heterocycles. The molecule has 2 amide bonds. The number of nitrogens with zero attached hydrogens (tertiary/aromatic N) is 2. The summed E-state index contributed by atoms with van der Waals surface area (Å²) in [5, 5.41) is 5.75. The van der Waals surface area contributed by atoms with Crippen molar-refractivity contribution in [1.29, 1.82) is 0 Å². The Hall–Kier alpha value is -3.68. The molecule has 0 atom stereocenters. The zero-order chi connectivity index (χ0) is 22.9. The highest BCUT2D eigenvalue weighted by Crippen LogP contribution is 2.13. The van der Waals surface area contributed by atoms with Crippen LogP contribution in [0.1, 0.15) is 59.1 Å². The minimum atomic E-state index is -0.381. The number of esters is 1. The van der Waals surface area contributed by atoms with Crippen LogP contribution in [-0.4, -0.2) is 40.3 Å². The van der Waals surface area contributed by atoms with Crippen molar-refractivity contribution in [2.75, 3.05) is 18.5 Å². The highest BCUT2D eigenvalue weighted by atomic mass is 16.5. The number of fused-ring (bicyclic) bond motifs is 1. The molecule has 0 saturated heterocycles. The third-order valence-corrected chi connectivity index (χ3v) is 4.97. The summed E-state index contributed by atoms with van der Waals surface area (Å²) in [5.41, 5.74) is 3.08. The maximum Gasteiger partial charge on any atom is 0.338 e. The molecule has 1 aromatic carbocycles. The van der Waals surface area contributed by atoms with Gasteiger partial charge in [-0.25, -0.2) is 9.78 Å². The van der Waals surface area contributed by atoms with Crippen molar-refractivity contribution in [3.63, 3.8) is 0 Å². The molecule has 168 valence electrons. The fourth-order valence-corrected chi connectivity index (χ4v) is 3.39. The fourth-order valence-electron chi connectivity index (χ4n) is 3.39. The van der Waals surface area contributed by atoms with E-state index in [1.54, 1.807) is 35.6 Å². The normalized spacial score (nSPS) is 10.7. The Morgan fingerprint density at radius 1 is 1.03 bits per heavy atom. The average Bonchev–Trinajstić information content (AvgIpc) is 3.12.